The van der Waals surface area contributed by atoms with Gasteiger partial charge in [0, 0.05) is 26.2 Å². The van der Waals surface area contributed by atoms with Crippen molar-refractivity contribution >= 4 is 23.2 Å². The lowest BCUT2D eigenvalue weighted by atomic mass is 10.2. The van der Waals surface area contributed by atoms with Crippen LogP contribution in [0.4, 0.5) is 0 Å². The Balaban J connectivity index is 1.60. The molecule has 3 rings (SSSR count). The molecule has 1 saturated heterocycles. The first kappa shape index (κ1) is 13.9. The van der Waals surface area contributed by atoms with Gasteiger partial charge in [-0.1, -0.05) is 0 Å². The van der Waals surface area contributed by atoms with Crippen LogP contribution in [-0.2, 0) is 0 Å². The van der Waals surface area contributed by atoms with Gasteiger partial charge in [0.1, 0.15) is 0 Å². The molecule has 1 aliphatic rings. The highest BCUT2D eigenvalue weighted by Gasteiger charge is 2.26. The monoisotopic (exact) mass is 304 g/mol. The lowest BCUT2D eigenvalue weighted by Crippen LogP contribution is -2.50. The molecule has 0 N–H and O–H groups in total. The first-order valence-electron chi connectivity index (χ1n) is 6.82. The van der Waals surface area contributed by atoms with Gasteiger partial charge in [-0.2, -0.15) is 0 Å². The molecular formula is C15H16N2O3S. The van der Waals surface area contributed by atoms with E-state index in [-0.39, 0.29) is 11.8 Å². The molecule has 6 heteroatoms. The van der Waals surface area contributed by atoms with Gasteiger partial charge < -0.3 is 14.2 Å². The molecule has 0 bridgehead atoms. The second-order valence-electron chi connectivity index (χ2n) is 5.05. The number of furan rings is 1. The molecule has 0 spiro atoms. The number of carbonyl (C=O) groups is 2. The molecule has 3 heterocycles. The fourth-order valence-corrected chi connectivity index (χ4v) is 3.23. The van der Waals surface area contributed by atoms with Crippen LogP contribution in [0.25, 0.3) is 0 Å². The van der Waals surface area contributed by atoms with Crippen LogP contribution in [0.15, 0.2) is 34.3 Å². The lowest BCUT2D eigenvalue weighted by molar-refractivity contribution is 0.0520. The highest BCUT2D eigenvalue weighted by atomic mass is 32.1. The van der Waals surface area contributed by atoms with Gasteiger partial charge in [0.25, 0.3) is 11.8 Å². The van der Waals surface area contributed by atoms with Crippen molar-refractivity contribution in [3.05, 3.63) is 46.0 Å². The van der Waals surface area contributed by atoms with Crippen molar-refractivity contribution in [3.63, 3.8) is 0 Å². The second-order valence-corrected chi connectivity index (χ2v) is 5.96. The van der Waals surface area contributed by atoms with Crippen molar-refractivity contribution in [1.29, 1.82) is 0 Å². The average Bonchev–Trinajstić information content (AvgIpc) is 3.17. The van der Waals surface area contributed by atoms with Crippen LogP contribution in [0, 0.1) is 6.92 Å². The summed E-state index contributed by atoms with van der Waals surface area (Å²) in [6, 6.07) is 5.27. The van der Waals surface area contributed by atoms with Crippen molar-refractivity contribution < 1.29 is 14.0 Å². The number of rotatable bonds is 2. The zero-order chi connectivity index (χ0) is 14.8. The molecule has 0 radical (unpaired) electrons. The molecule has 0 atom stereocenters. The molecule has 110 valence electrons. The first-order valence-corrected chi connectivity index (χ1v) is 7.70. The first-order chi connectivity index (χ1) is 10.1. The van der Waals surface area contributed by atoms with E-state index in [4.69, 9.17) is 4.42 Å². The van der Waals surface area contributed by atoms with E-state index in [0.717, 1.165) is 10.4 Å². The van der Waals surface area contributed by atoms with Crippen molar-refractivity contribution in [2.45, 2.75) is 6.92 Å². The standard InChI is InChI=1S/C15H16N2O3S/c1-11-9-13(21-10-11)15(19)17-6-4-16(5-7-17)14(18)12-3-2-8-20-12/h2-3,8-10H,4-7H2,1H3. The Bertz CT molecular complexity index is 640. The molecule has 0 aromatic carbocycles. The molecule has 5 nitrogen and oxygen atoms in total. The maximum absolute atomic E-state index is 12.3. The smallest absolute Gasteiger partial charge is 0.289 e. The zero-order valence-corrected chi connectivity index (χ0v) is 12.6. The Morgan fingerprint density at radius 3 is 2.33 bits per heavy atom. The summed E-state index contributed by atoms with van der Waals surface area (Å²) >= 11 is 1.47. The third kappa shape index (κ3) is 2.85. The minimum atomic E-state index is -0.112. The van der Waals surface area contributed by atoms with Gasteiger partial charge in [-0.3, -0.25) is 9.59 Å². The maximum atomic E-state index is 12.3. The van der Waals surface area contributed by atoms with Crippen molar-refractivity contribution in [2.75, 3.05) is 26.2 Å². The Morgan fingerprint density at radius 1 is 1.14 bits per heavy atom. The van der Waals surface area contributed by atoms with E-state index in [9.17, 15) is 9.59 Å². The molecule has 2 aromatic heterocycles. The van der Waals surface area contributed by atoms with E-state index in [1.54, 1.807) is 21.9 Å². The molecular weight excluding hydrogens is 288 g/mol. The van der Waals surface area contributed by atoms with Gasteiger partial charge in [-0.25, -0.2) is 0 Å². The fraction of sp³-hybridized carbons (Fsp3) is 0.333. The highest BCUT2D eigenvalue weighted by molar-refractivity contribution is 7.12. The molecule has 1 aliphatic heterocycles. The average molecular weight is 304 g/mol. The van der Waals surface area contributed by atoms with Crippen molar-refractivity contribution in [1.82, 2.24) is 9.80 Å². The van der Waals surface area contributed by atoms with Gasteiger partial charge in [-0.15, -0.1) is 11.3 Å². The van der Waals surface area contributed by atoms with E-state index >= 15 is 0 Å². The maximum Gasteiger partial charge on any atom is 0.289 e. The Hall–Kier alpha value is -2.08. The summed E-state index contributed by atoms with van der Waals surface area (Å²) in [5.41, 5.74) is 1.11. The fourth-order valence-electron chi connectivity index (χ4n) is 2.37. The topological polar surface area (TPSA) is 53.8 Å². The predicted octanol–water partition coefficient (Wildman–Crippen LogP) is 2.25. The Labute approximate surface area is 126 Å². The van der Waals surface area contributed by atoms with Crippen LogP contribution in [-0.4, -0.2) is 47.8 Å². The third-order valence-electron chi connectivity index (χ3n) is 3.53. The molecule has 0 unspecified atom stereocenters. The van der Waals surface area contributed by atoms with Crippen LogP contribution in [0.2, 0.25) is 0 Å². The Kier molecular flexibility index (Phi) is 3.79. The largest absolute Gasteiger partial charge is 0.459 e. The van der Waals surface area contributed by atoms with E-state index < -0.39 is 0 Å². The van der Waals surface area contributed by atoms with Crippen molar-refractivity contribution in [3.8, 4) is 0 Å². The van der Waals surface area contributed by atoms with Crippen LogP contribution in [0.3, 0.4) is 0 Å². The number of amides is 2. The number of piperazine rings is 1. The van der Waals surface area contributed by atoms with Gasteiger partial charge in [-0.05, 0) is 36.1 Å². The zero-order valence-electron chi connectivity index (χ0n) is 11.7. The summed E-state index contributed by atoms with van der Waals surface area (Å²) in [6.07, 6.45) is 1.49. The number of aryl methyl sites for hydroxylation is 1. The number of hydrogen-bond donors (Lipinski definition) is 0. The predicted molar refractivity (Wildman–Crippen MR) is 79.6 cm³/mol. The number of nitrogens with zero attached hydrogens (tertiary/aromatic N) is 2. The molecule has 0 aliphatic carbocycles. The van der Waals surface area contributed by atoms with Crippen LogP contribution in [0.1, 0.15) is 25.8 Å². The SMILES string of the molecule is Cc1csc(C(=O)N2CCN(C(=O)c3ccco3)CC2)c1. The summed E-state index contributed by atoms with van der Waals surface area (Å²) in [4.78, 5) is 28.8. The quantitative estimate of drug-likeness (QED) is 0.855. The summed E-state index contributed by atoms with van der Waals surface area (Å²) < 4.78 is 5.12. The molecule has 21 heavy (non-hydrogen) atoms. The van der Waals surface area contributed by atoms with Gasteiger partial charge in [0.15, 0.2) is 5.76 Å². The van der Waals surface area contributed by atoms with Gasteiger partial charge in [0.05, 0.1) is 11.1 Å². The van der Waals surface area contributed by atoms with Gasteiger partial charge >= 0.3 is 0 Å². The van der Waals surface area contributed by atoms with Gasteiger partial charge in [0.2, 0.25) is 0 Å². The van der Waals surface area contributed by atoms with E-state index in [1.807, 2.05) is 18.4 Å². The second kappa shape index (κ2) is 5.73. The summed E-state index contributed by atoms with van der Waals surface area (Å²) in [5, 5.41) is 1.98. The van der Waals surface area contributed by atoms with Crippen LogP contribution in [0.5, 0.6) is 0 Å². The third-order valence-corrected chi connectivity index (χ3v) is 4.56. The van der Waals surface area contributed by atoms with Crippen molar-refractivity contribution in [2.24, 2.45) is 0 Å². The van der Waals surface area contributed by atoms with Crippen LogP contribution < -0.4 is 0 Å². The summed E-state index contributed by atoms with van der Waals surface area (Å²) in [7, 11) is 0. The molecule has 1 fully saturated rings. The number of thiophene rings is 1. The highest BCUT2D eigenvalue weighted by Crippen LogP contribution is 2.17. The number of carbonyl (C=O) groups excluding carboxylic acids is 2. The van der Waals surface area contributed by atoms with E-state index in [1.165, 1.54) is 17.6 Å². The number of hydrogen-bond acceptors (Lipinski definition) is 4. The summed E-state index contributed by atoms with van der Waals surface area (Å²) in [6.45, 7) is 4.17. The van der Waals surface area contributed by atoms with E-state index in [0.29, 0.717) is 31.9 Å². The molecule has 2 aromatic rings. The lowest BCUT2D eigenvalue weighted by Gasteiger charge is -2.34. The normalized spacial score (nSPS) is 15.3. The Morgan fingerprint density at radius 2 is 1.81 bits per heavy atom. The van der Waals surface area contributed by atoms with Crippen LogP contribution >= 0.6 is 11.3 Å². The molecule has 2 amide bonds. The minimum absolute atomic E-state index is 0.0539. The van der Waals surface area contributed by atoms with E-state index in [2.05, 4.69) is 0 Å². The molecule has 0 saturated carbocycles. The summed E-state index contributed by atoms with van der Waals surface area (Å²) in [5.74, 6) is 0.293. The minimum Gasteiger partial charge on any atom is -0.459 e.